The maximum atomic E-state index is 13.5. The predicted octanol–water partition coefficient (Wildman–Crippen LogP) is 2.73. The summed E-state index contributed by atoms with van der Waals surface area (Å²) in [6, 6.07) is 8.33. The van der Waals surface area contributed by atoms with E-state index in [-0.39, 0.29) is 25.1 Å². The second kappa shape index (κ2) is 6.74. The lowest BCUT2D eigenvalue weighted by Crippen LogP contribution is -2.31. The predicted molar refractivity (Wildman–Crippen MR) is 80.9 cm³/mol. The van der Waals surface area contributed by atoms with Crippen molar-refractivity contribution in [2.24, 2.45) is 0 Å². The molecule has 5 nitrogen and oxygen atoms in total. The van der Waals surface area contributed by atoms with E-state index in [1.54, 1.807) is 19.2 Å². The van der Waals surface area contributed by atoms with Crippen molar-refractivity contribution in [3.05, 3.63) is 53.6 Å². The molecule has 2 aromatic carbocycles. The Morgan fingerprint density at radius 1 is 1.17 bits per heavy atom. The molecule has 0 atom stereocenters. The number of hydrogen-bond donors (Lipinski definition) is 0. The zero-order valence-corrected chi connectivity index (χ0v) is 12.9. The number of carbonyl (C=O) groups excluding carboxylic acids is 1. The number of ether oxygens (including phenoxy) is 3. The normalized spacial score (nSPS) is 12.1. The molecule has 0 spiro atoms. The van der Waals surface area contributed by atoms with Crippen LogP contribution < -0.4 is 14.2 Å². The Morgan fingerprint density at radius 2 is 1.96 bits per heavy atom. The summed E-state index contributed by atoms with van der Waals surface area (Å²) >= 11 is 0. The van der Waals surface area contributed by atoms with Crippen molar-refractivity contribution in [2.75, 3.05) is 20.4 Å². The van der Waals surface area contributed by atoms with Gasteiger partial charge in [0.1, 0.15) is 5.82 Å². The molecule has 0 aromatic heterocycles. The van der Waals surface area contributed by atoms with E-state index >= 15 is 0 Å². The first-order valence-corrected chi connectivity index (χ1v) is 7.23. The van der Waals surface area contributed by atoms with E-state index in [1.165, 1.54) is 4.90 Å². The summed E-state index contributed by atoms with van der Waals surface area (Å²) in [5.41, 5.74) is 0.864. The largest absolute Gasteiger partial charge is 0.481 e. The van der Waals surface area contributed by atoms with Crippen molar-refractivity contribution in [2.45, 2.75) is 6.54 Å². The summed E-state index contributed by atoms with van der Waals surface area (Å²) < 4.78 is 41.9. The quantitative estimate of drug-likeness (QED) is 0.843. The van der Waals surface area contributed by atoms with Crippen LogP contribution in [0.15, 0.2) is 36.4 Å². The van der Waals surface area contributed by atoms with Crippen LogP contribution in [0.1, 0.15) is 5.56 Å². The fourth-order valence-corrected chi connectivity index (χ4v) is 2.24. The monoisotopic (exact) mass is 335 g/mol. The smallest absolute Gasteiger partial charge is 0.260 e. The molecule has 0 saturated heterocycles. The number of rotatable bonds is 5. The second-order valence-electron chi connectivity index (χ2n) is 5.30. The Hall–Kier alpha value is -2.83. The molecule has 0 saturated carbocycles. The van der Waals surface area contributed by atoms with E-state index < -0.39 is 11.6 Å². The number of nitrogens with zero attached hydrogens (tertiary/aromatic N) is 1. The Labute approximate surface area is 137 Å². The van der Waals surface area contributed by atoms with Gasteiger partial charge in [-0.25, -0.2) is 8.78 Å². The number of likely N-dealkylation sites (N-methyl/N-ethyl adjacent to an activating group) is 1. The summed E-state index contributed by atoms with van der Waals surface area (Å²) in [5, 5.41) is 0. The van der Waals surface area contributed by atoms with E-state index in [1.807, 2.05) is 6.07 Å². The molecule has 24 heavy (non-hydrogen) atoms. The van der Waals surface area contributed by atoms with Gasteiger partial charge in [0.25, 0.3) is 5.91 Å². The molecular formula is C17H15F2NO4. The van der Waals surface area contributed by atoms with Crippen molar-refractivity contribution in [3.8, 4) is 17.2 Å². The molecule has 1 aliphatic heterocycles. The molecule has 7 heteroatoms. The number of amides is 1. The van der Waals surface area contributed by atoms with E-state index in [0.717, 1.165) is 17.7 Å². The van der Waals surface area contributed by atoms with Gasteiger partial charge in [-0.2, -0.15) is 0 Å². The fourth-order valence-electron chi connectivity index (χ4n) is 2.24. The van der Waals surface area contributed by atoms with Gasteiger partial charge in [0.2, 0.25) is 6.79 Å². The number of hydrogen-bond acceptors (Lipinski definition) is 4. The van der Waals surface area contributed by atoms with E-state index in [2.05, 4.69) is 0 Å². The minimum Gasteiger partial charge on any atom is -0.481 e. The lowest BCUT2D eigenvalue weighted by molar-refractivity contribution is -0.132. The number of halogens is 2. The zero-order valence-electron chi connectivity index (χ0n) is 12.9. The lowest BCUT2D eigenvalue weighted by atomic mass is 10.2. The number of carbonyl (C=O) groups is 1. The molecule has 0 aliphatic carbocycles. The Bertz CT molecular complexity index is 766. The molecule has 0 bridgehead atoms. The fraction of sp³-hybridized carbons (Fsp3) is 0.235. The molecule has 1 amide bonds. The highest BCUT2D eigenvalue weighted by atomic mass is 19.1. The van der Waals surface area contributed by atoms with Gasteiger partial charge in [0.15, 0.2) is 29.7 Å². The SMILES string of the molecule is CN(Cc1ccc2c(c1)OCO2)C(=O)COc1ccc(F)cc1F. The van der Waals surface area contributed by atoms with Crippen LogP contribution in [-0.2, 0) is 11.3 Å². The molecule has 126 valence electrons. The van der Waals surface area contributed by atoms with Gasteiger partial charge in [0.05, 0.1) is 0 Å². The molecule has 0 N–H and O–H groups in total. The second-order valence-corrected chi connectivity index (χ2v) is 5.30. The molecule has 1 heterocycles. The van der Waals surface area contributed by atoms with Gasteiger partial charge in [-0.1, -0.05) is 6.07 Å². The van der Waals surface area contributed by atoms with Crippen molar-refractivity contribution in [1.82, 2.24) is 4.90 Å². The third kappa shape index (κ3) is 3.56. The Balaban J connectivity index is 1.56. The van der Waals surface area contributed by atoms with Gasteiger partial charge in [-0.3, -0.25) is 4.79 Å². The molecule has 3 rings (SSSR count). The molecule has 2 aromatic rings. The maximum Gasteiger partial charge on any atom is 0.260 e. The highest BCUT2D eigenvalue weighted by molar-refractivity contribution is 5.77. The Kier molecular flexibility index (Phi) is 4.50. The molecule has 0 fully saturated rings. The molecular weight excluding hydrogens is 320 g/mol. The minimum atomic E-state index is -0.846. The number of fused-ring (bicyclic) bond motifs is 1. The van der Waals surface area contributed by atoms with Crippen LogP contribution in [0.25, 0.3) is 0 Å². The van der Waals surface area contributed by atoms with Crippen LogP contribution in [0.3, 0.4) is 0 Å². The van der Waals surface area contributed by atoms with Crippen LogP contribution in [0, 0.1) is 11.6 Å². The van der Waals surface area contributed by atoms with Crippen LogP contribution >= 0.6 is 0 Å². The summed E-state index contributed by atoms with van der Waals surface area (Å²) in [6.45, 7) is 0.180. The van der Waals surface area contributed by atoms with Crippen molar-refractivity contribution < 1.29 is 27.8 Å². The first-order valence-electron chi connectivity index (χ1n) is 7.23. The molecule has 0 radical (unpaired) electrons. The molecule has 1 aliphatic rings. The van der Waals surface area contributed by atoms with E-state index in [9.17, 15) is 13.6 Å². The third-order valence-electron chi connectivity index (χ3n) is 3.53. The van der Waals surface area contributed by atoms with Crippen LogP contribution in [-0.4, -0.2) is 31.3 Å². The van der Waals surface area contributed by atoms with Crippen LogP contribution in [0.2, 0.25) is 0 Å². The van der Waals surface area contributed by atoms with E-state index in [4.69, 9.17) is 14.2 Å². The van der Waals surface area contributed by atoms with Gasteiger partial charge in [0, 0.05) is 19.7 Å². The summed E-state index contributed by atoms with van der Waals surface area (Å²) in [5.74, 6) is -0.745. The van der Waals surface area contributed by atoms with E-state index in [0.29, 0.717) is 24.1 Å². The molecule has 0 unspecified atom stereocenters. The third-order valence-corrected chi connectivity index (χ3v) is 3.53. The standard InChI is InChI=1S/C17H15F2NO4/c1-20(8-11-2-4-15-16(6-11)24-10-23-15)17(21)9-22-14-5-3-12(18)7-13(14)19/h2-7H,8-10H2,1H3. The summed E-state index contributed by atoms with van der Waals surface area (Å²) in [7, 11) is 1.61. The summed E-state index contributed by atoms with van der Waals surface area (Å²) in [6.07, 6.45) is 0. The van der Waals surface area contributed by atoms with Crippen molar-refractivity contribution in [1.29, 1.82) is 0 Å². The number of benzene rings is 2. The average Bonchev–Trinajstić information content (AvgIpc) is 3.01. The van der Waals surface area contributed by atoms with Gasteiger partial charge in [-0.05, 0) is 29.8 Å². The highest BCUT2D eigenvalue weighted by Gasteiger charge is 2.16. The van der Waals surface area contributed by atoms with Gasteiger partial charge >= 0.3 is 0 Å². The van der Waals surface area contributed by atoms with Crippen LogP contribution in [0.5, 0.6) is 17.2 Å². The van der Waals surface area contributed by atoms with Crippen LogP contribution in [0.4, 0.5) is 8.78 Å². The maximum absolute atomic E-state index is 13.5. The summed E-state index contributed by atoms with van der Waals surface area (Å²) in [4.78, 5) is 13.5. The van der Waals surface area contributed by atoms with Gasteiger partial charge < -0.3 is 19.1 Å². The lowest BCUT2D eigenvalue weighted by Gasteiger charge is -2.18. The zero-order chi connectivity index (χ0) is 17.1. The average molecular weight is 335 g/mol. The Morgan fingerprint density at radius 3 is 2.75 bits per heavy atom. The topological polar surface area (TPSA) is 48.0 Å². The van der Waals surface area contributed by atoms with Gasteiger partial charge in [-0.15, -0.1) is 0 Å². The first kappa shape index (κ1) is 16.0. The van der Waals surface area contributed by atoms with Crippen molar-refractivity contribution >= 4 is 5.91 Å². The highest BCUT2D eigenvalue weighted by Crippen LogP contribution is 2.32. The first-order chi connectivity index (χ1) is 11.5. The van der Waals surface area contributed by atoms with Crippen molar-refractivity contribution in [3.63, 3.8) is 0 Å². The minimum absolute atomic E-state index is 0.166.